The van der Waals surface area contributed by atoms with E-state index in [1.807, 2.05) is 0 Å². The number of ether oxygens (including phenoxy) is 2. The first-order valence-electron chi connectivity index (χ1n) is 6.69. The number of rotatable bonds is 5. The van der Waals surface area contributed by atoms with Crippen molar-refractivity contribution in [2.75, 3.05) is 38.6 Å². The highest BCUT2D eigenvalue weighted by Gasteiger charge is 2.16. The van der Waals surface area contributed by atoms with Gasteiger partial charge in [0.25, 0.3) is 0 Å². The molecule has 1 heterocycles. The van der Waals surface area contributed by atoms with E-state index in [4.69, 9.17) is 20.3 Å². The van der Waals surface area contributed by atoms with Crippen LogP contribution in [0.15, 0.2) is 18.2 Å². The molecule has 0 aliphatic carbocycles. The second kappa shape index (κ2) is 6.94. The summed E-state index contributed by atoms with van der Waals surface area (Å²) in [6.07, 6.45) is 0.250. The zero-order valence-electron chi connectivity index (χ0n) is 11.6. The highest BCUT2D eigenvalue weighted by Crippen LogP contribution is 2.22. The first kappa shape index (κ1) is 15.1. The third kappa shape index (κ3) is 4.09. The van der Waals surface area contributed by atoms with Gasteiger partial charge in [-0.1, -0.05) is 0 Å². The average Bonchev–Trinajstić information content (AvgIpc) is 2.49. The number of nitrogens with two attached hydrogens (primary N) is 1. The minimum Gasteiger partial charge on any atom is -0.491 e. The molecule has 7 heteroatoms. The first-order chi connectivity index (χ1) is 10.1. The van der Waals surface area contributed by atoms with E-state index in [1.54, 1.807) is 4.90 Å². The number of carboxylic acid groups (broad SMARTS) is 1. The third-order valence-electron chi connectivity index (χ3n) is 3.19. The molecule has 1 aliphatic rings. The molecule has 1 aromatic rings. The molecule has 0 aromatic heterocycles. The molecule has 3 N–H and O–H groups in total. The summed E-state index contributed by atoms with van der Waals surface area (Å²) in [5.41, 5.74) is 6.06. The van der Waals surface area contributed by atoms with Gasteiger partial charge in [0.15, 0.2) is 0 Å². The van der Waals surface area contributed by atoms with Gasteiger partial charge in [0.05, 0.1) is 37.5 Å². The van der Waals surface area contributed by atoms with Crippen molar-refractivity contribution in [2.45, 2.75) is 6.42 Å². The Kier molecular flexibility index (Phi) is 4.99. The van der Waals surface area contributed by atoms with Crippen LogP contribution in [0.25, 0.3) is 0 Å². The van der Waals surface area contributed by atoms with E-state index in [0.29, 0.717) is 32.1 Å². The minimum atomic E-state index is -1.05. The Bertz CT molecular complexity index is 526. The summed E-state index contributed by atoms with van der Waals surface area (Å²) >= 11 is 0. The van der Waals surface area contributed by atoms with E-state index in [1.165, 1.54) is 18.2 Å². The highest BCUT2D eigenvalue weighted by atomic mass is 16.5. The molecule has 7 nitrogen and oxygen atoms in total. The Morgan fingerprint density at radius 3 is 2.67 bits per heavy atom. The van der Waals surface area contributed by atoms with E-state index in [9.17, 15) is 9.59 Å². The number of carbonyl (C=O) groups is 2. The number of anilines is 1. The van der Waals surface area contributed by atoms with Gasteiger partial charge in [0.2, 0.25) is 5.91 Å². The predicted octanol–water partition coefficient (Wildman–Crippen LogP) is 0.595. The number of carbonyl (C=O) groups excluding carboxylic acids is 1. The lowest BCUT2D eigenvalue weighted by atomic mass is 10.2. The van der Waals surface area contributed by atoms with Crippen molar-refractivity contribution in [2.24, 2.45) is 0 Å². The number of hydrogen-bond acceptors (Lipinski definition) is 5. The van der Waals surface area contributed by atoms with Gasteiger partial charge in [-0.15, -0.1) is 0 Å². The molecule has 1 amide bonds. The number of hydrogen-bond donors (Lipinski definition) is 2. The van der Waals surface area contributed by atoms with Gasteiger partial charge in [0, 0.05) is 13.1 Å². The fraction of sp³-hybridized carbons (Fsp3) is 0.429. The molecule has 0 unspecified atom stereocenters. The molecule has 0 atom stereocenters. The molecule has 1 fully saturated rings. The van der Waals surface area contributed by atoms with Gasteiger partial charge < -0.3 is 25.2 Å². The SMILES string of the molecule is Nc1cc(C(=O)O)ccc1OCCC(=O)N1CCOCC1. The number of morpholine rings is 1. The molecule has 0 radical (unpaired) electrons. The van der Waals surface area contributed by atoms with Crippen molar-refractivity contribution in [1.82, 2.24) is 4.90 Å². The number of nitrogen functional groups attached to an aromatic ring is 1. The van der Waals surface area contributed by atoms with E-state index < -0.39 is 5.97 Å². The van der Waals surface area contributed by atoms with Crippen molar-refractivity contribution in [3.05, 3.63) is 23.8 Å². The molecule has 0 saturated carbocycles. The Balaban J connectivity index is 1.83. The molecular weight excluding hydrogens is 276 g/mol. The standard InChI is InChI=1S/C14H18N2O5/c15-11-9-10(14(18)19)1-2-12(11)21-6-3-13(17)16-4-7-20-8-5-16/h1-2,9H,3-8,15H2,(H,18,19). The van der Waals surface area contributed by atoms with Crippen molar-refractivity contribution < 1.29 is 24.2 Å². The quantitative estimate of drug-likeness (QED) is 0.771. The van der Waals surface area contributed by atoms with E-state index in [0.717, 1.165) is 0 Å². The molecule has 0 bridgehead atoms. The zero-order valence-corrected chi connectivity index (χ0v) is 11.6. The lowest BCUT2D eigenvalue weighted by Gasteiger charge is -2.26. The van der Waals surface area contributed by atoms with Crippen LogP contribution in [-0.2, 0) is 9.53 Å². The van der Waals surface area contributed by atoms with Crippen LogP contribution in [0.2, 0.25) is 0 Å². The predicted molar refractivity (Wildman–Crippen MR) is 75.3 cm³/mol. The summed E-state index contributed by atoms with van der Waals surface area (Å²) in [5, 5.41) is 8.84. The van der Waals surface area contributed by atoms with Crippen LogP contribution >= 0.6 is 0 Å². The van der Waals surface area contributed by atoms with E-state index in [2.05, 4.69) is 0 Å². The summed E-state index contributed by atoms with van der Waals surface area (Å²) in [6.45, 7) is 2.54. The molecule has 1 saturated heterocycles. The first-order valence-corrected chi connectivity index (χ1v) is 6.69. The summed E-state index contributed by atoms with van der Waals surface area (Å²) in [6, 6.07) is 4.25. The lowest BCUT2D eigenvalue weighted by Crippen LogP contribution is -2.41. The third-order valence-corrected chi connectivity index (χ3v) is 3.19. The van der Waals surface area contributed by atoms with Crippen LogP contribution in [0.3, 0.4) is 0 Å². The minimum absolute atomic E-state index is 0.0130. The summed E-state index contributed by atoms with van der Waals surface area (Å²) < 4.78 is 10.6. The van der Waals surface area contributed by atoms with Crippen molar-refractivity contribution >= 4 is 17.6 Å². The molecule has 1 aliphatic heterocycles. The van der Waals surface area contributed by atoms with Crippen LogP contribution in [0.1, 0.15) is 16.8 Å². The Labute approximate surface area is 122 Å². The van der Waals surface area contributed by atoms with Crippen LogP contribution in [0.4, 0.5) is 5.69 Å². The monoisotopic (exact) mass is 294 g/mol. The second-order valence-corrected chi connectivity index (χ2v) is 4.65. The van der Waals surface area contributed by atoms with Crippen molar-refractivity contribution in [1.29, 1.82) is 0 Å². The fourth-order valence-corrected chi connectivity index (χ4v) is 2.03. The Morgan fingerprint density at radius 2 is 2.05 bits per heavy atom. The van der Waals surface area contributed by atoms with Crippen LogP contribution < -0.4 is 10.5 Å². The lowest BCUT2D eigenvalue weighted by molar-refractivity contribution is -0.135. The molecule has 1 aromatic carbocycles. The number of aromatic carboxylic acids is 1. The van der Waals surface area contributed by atoms with Gasteiger partial charge >= 0.3 is 5.97 Å². The molecule has 21 heavy (non-hydrogen) atoms. The van der Waals surface area contributed by atoms with Gasteiger partial charge in [-0.2, -0.15) is 0 Å². The summed E-state index contributed by atoms with van der Waals surface area (Å²) in [5.74, 6) is -0.649. The van der Waals surface area contributed by atoms with Gasteiger partial charge in [0.1, 0.15) is 5.75 Å². The van der Waals surface area contributed by atoms with Crippen LogP contribution in [-0.4, -0.2) is 54.8 Å². The largest absolute Gasteiger partial charge is 0.491 e. The van der Waals surface area contributed by atoms with Crippen molar-refractivity contribution in [3.8, 4) is 5.75 Å². The Morgan fingerprint density at radius 1 is 1.33 bits per heavy atom. The van der Waals surface area contributed by atoms with Gasteiger partial charge in [-0.05, 0) is 18.2 Å². The maximum Gasteiger partial charge on any atom is 0.335 e. The van der Waals surface area contributed by atoms with Crippen molar-refractivity contribution in [3.63, 3.8) is 0 Å². The fourth-order valence-electron chi connectivity index (χ4n) is 2.03. The molecular formula is C14H18N2O5. The number of amides is 1. The zero-order chi connectivity index (χ0) is 15.2. The maximum atomic E-state index is 11.9. The molecule has 114 valence electrons. The number of carboxylic acids is 1. The topological polar surface area (TPSA) is 102 Å². The normalized spacial score (nSPS) is 14.8. The van der Waals surface area contributed by atoms with Gasteiger partial charge in [-0.3, -0.25) is 4.79 Å². The Hall–Kier alpha value is -2.28. The van der Waals surface area contributed by atoms with Gasteiger partial charge in [-0.25, -0.2) is 4.79 Å². The highest BCUT2D eigenvalue weighted by molar-refractivity contribution is 5.89. The van der Waals surface area contributed by atoms with Crippen LogP contribution in [0, 0.1) is 0 Å². The summed E-state index contributed by atoms with van der Waals surface area (Å²) in [4.78, 5) is 24.4. The maximum absolute atomic E-state index is 11.9. The number of nitrogens with zero attached hydrogens (tertiary/aromatic N) is 1. The molecule has 0 spiro atoms. The van der Waals surface area contributed by atoms with E-state index in [-0.39, 0.29) is 30.2 Å². The van der Waals surface area contributed by atoms with E-state index >= 15 is 0 Å². The molecule has 2 rings (SSSR count). The number of benzene rings is 1. The smallest absolute Gasteiger partial charge is 0.335 e. The average molecular weight is 294 g/mol. The van der Waals surface area contributed by atoms with Crippen LogP contribution in [0.5, 0.6) is 5.75 Å². The second-order valence-electron chi connectivity index (χ2n) is 4.65. The summed E-state index contributed by atoms with van der Waals surface area (Å²) in [7, 11) is 0.